The van der Waals surface area contributed by atoms with E-state index in [4.69, 9.17) is 5.73 Å². The minimum atomic E-state index is -1.94. The quantitative estimate of drug-likeness (QED) is 0.537. The van der Waals surface area contributed by atoms with Crippen molar-refractivity contribution in [3.8, 4) is 0 Å². The molecule has 4 heteroatoms. The topological polar surface area (TPSA) is 66.2 Å². The average Bonchev–Trinajstić information content (AvgIpc) is 1.67. The maximum Gasteiger partial charge on any atom is 0.0199 e. The average molecular weight is 136 g/mol. The molecule has 0 saturated heterocycles. The van der Waals surface area contributed by atoms with Crippen LogP contribution in [0.3, 0.4) is 0 Å². The third-order valence-electron chi connectivity index (χ3n) is 0.902. The van der Waals surface area contributed by atoms with Crippen LogP contribution in [0.2, 0.25) is 0 Å². The van der Waals surface area contributed by atoms with Gasteiger partial charge in [-0.2, -0.15) is 0 Å². The van der Waals surface area contributed by atoms with Crippen molar-refractivity contribution in [2.24, 2.45) is 5.73 Å². The van der Waals surface area contributed by atoms with E-state index in [0.29, 0.717) is 13.0 Å². The van der Waals surface area contributed by atoms with Crippen molar-refractivity contribution in [2.45, 2.75) is 18.6 Å². The second kappa shape index (κ2) is 4.00. The van der Waals surface area contributed by atoms with E-state index in [1.165, 1.54) is 0 Å². The molecule has 3 nitrogen and oxygen atoms in total. The SMILES string of the molecule is CC(CCN)S(=O)[O-]. The zero-order valence-electron chi connectivity index (χ0n) is 4.79. The molecule has 0 aliphatic rings. The van der Waals surface area contributed by atoms with Crippen molar-refractivity contribution in [3.05, 3.63) is 0 Å². The van der Waals surface area contributed by atoms with Gasteiger partial charge in [0.05, 0.1) is 0 Å². The van der Waals surface area contributed by atoms with Gasteiger partial charge in [0, 0.05) is 5.25 Å². The maximum absolute atomic E-state index is 10.0. The minimum absolute atomic E-state index is 0.292. The molecule has 0 aliphatic carbocycles. The molecule has 0 saturated carbocycles. The number of rotatable bonds is 3. The highest BCUT2D eigenvalue weighted by molar-refractivity contribution is 7.79. The predicted octanol–water partition coefficient (Wildman–Crippen LogP) is -0.397. The molecule has 2 atom stereocenters. The van der Waals surface area contributed by atoms with E-state index in [0.717, 1.165) is 0 Å². The predicted molar refractivity (Wildman–Crippen MR) is 32.1 cm³/mol. The van der Waals surface area contributed by atoms with E-state index in [2.05, 4.69) is 0 Å². The lowest BCUT2D eigenvalue weighted by Crippen LogP contribution is -2.15. The molecule has 8 heavy (non-hydrogen) atoms. The molecular formula is C4H10NO2S-. The molecule has 0 spiro atoms. The molecule has 0 aromatic rings. The Balaban J connectivity index is 3.32. The van der Waals surface area contributed by atoms with Crippen molar-refractivity contribution in [3.63, 3.8) is 0 Å². The zero-order valence-corrected chi connectivity index (χ0v) is 5.61. The van der Waals surface area contributed by atoms with E-state index in [1.54, 1.807) is 6.92 Å². The Morgan fingerprint density at radius 3 is 2.50 bits per heavy atom. The molecule has 2 N–H and O–H groups in total. The zero-order chi connectivity index (χ0) is 6.57. The summed E-state index contributed by atoms with van der Waals surface area (Å²) in [4.78, 5) is 0. The molecule has 0 radical (unpaired) electrons. The van der Waals surface area contributed by atoms with Crippen LogP contribution in [-0.4, -0.2) is 20.6 Å². The van der Waals surface area contributed by atoms with Crippen molar-refractivity contribution < 1.29 is 8.76 Å². The Morgan fingerprint density at radius 1 is 1.88 bits per heavy atom. The lowest BCUT2D eigenvalue weighted by molar-refractivity contribution is 0.521. The van der Waals surface area contributed by atoms with E-state index in [1.807, 2.05) is 0 Å². The van der Waals surface area contributed by atoms with Crippen LogP contribution < -0.4 is 5.73 Å². The summed E-state index contributed by atoms with van der Waals surface area (Å²) < 4.78 is 20.1. The van der Waals surface area contributed by atoms with Crippen molar-refractivity contribution in [2.75, 3.05) is 6.54 Å². The fourth-order valence-corrected chi connectivity index (χ4v) is 0.659. The molecule has 0 heterocycles. The summed E-state index contributed by atoms with van der Waals surface area (Å²) in [6, 6.07) is 0. The molecule has 0 aromatic heterocycles. The van der Waals surface area contributed by atoms with E-state index < -0.39 is 11.1 Å². The molecule has 0 rings (SSSR count). The van der Waals surface area contributed by atoms with Gasteiger partial charge < -0.3 is 10.3 Å². The normalized spacial score (nSPS) is 17.9. The second-order valence-electron chi connectivity index (χ2n) is 1.65. The molecule has 0 fully saturated rings. The Hall–Kier alpha value is 0.0700. The summed E-state index contributed by atoms with van der Waals surface area (Å²) in [5.74, 6) is 0. The van der Waals surface area contributed by atoms with Crippen LogP contribution in [0.1, 0.15) is 13.3 Å². The molecule has 2 unspecified atom stereocenters. The highest BCUT2D eigenvalue weighted by Gasteiger charge is 1.97. The van der Waals surface area contributed by atoms with Gasteiger partial charge in [-0.3, -0.25) is 4.21 Å². The Morgan fingerprint density at radius 2 is 2.38 bits per heavy atom. The van der Waals surface area contributed by atoms with Gasteiger partial charge in [-0.25, -0.2) is 0 Å². The van der Waals surface area contributed by atoms with Crippen LogP contribution in [0.4, 0.5) is 0 Å². The first-order valence-corrected chi connectivity index (χ1v) is 3.60. The Bertz CT molecular complexity index is 86.1. The molecule has 0 bridgehead atoms. The lowest BCUT2D eigenvalue weighted by Gasteiger charge is -2.11. The van der Waals surface area contributed by atoms with Crippen LogP contribution >= 0.6 is 0 Å². The summed E-state index contributed by atoms with van der Waals surface area (Å²) in [5, 5.41) is -0.292. The van der Waals surface area contributed by atoms with Crippen molar-refractivity contribution in [1.29, 1.82) is 0 Å². The molecule has 0 aromatic carbocycles. The first kappa shape index (κ1) is 8.07. The largest absolute Gasteiger partial charge is 0.772 e. The summed E-state index contributed by atoms with van der Waals surface area (Å²) in [5.41, 5.74) is 5.09. The van der Waals surface area contributed by atoms with Crippen LogP contribution in [0.15, 0.2) is 0 Å². The van der Waals surface area contributed by atoms with Gasteiger partial charge in [-0.05, 0) is 13.0 Å². The van der Waals surface area contributed by atoms with Gasteiger partial charge in [-0.15, -0.1) is 0 Å². The van der Waals surface area contributed by atoms with Gasteiger partial charge in [-0.1, -0.05) is 18.0 Å². The third-order valence-corrected chi connectivity index (χ3v) is 1.79. The fraction of sp³-hybridized carbons (Fsp3) is 1.00. The highest BCUT2D eigenvalue weighted by atomic mass is 32.2. The number of nitrogens with two attached hydrogens (primary N) is 1. The maximum atomic E-state index is 10.0. The van der Waals surface area contributed by atoms with Gasteiger partial charge in [0.2, 0.25) is 0 Å². The van der Waals surface area contributed by atoms with Crippen LogP contribution in [0.25, 0.3) is 0 Å². The van der Waals surface area contributed by atoms with Gasteiger partial charge >= 0.3 is 0 Å². The smallest absolute Gasteiger partial charge is 0.0199 e. The summed E-state index contributed by atoms with van der Waals surface area (Å²) in [6.45, 7) is 2.07. The second-order valence-corrected chi connectivity index (χ2v) is 2.97. The first-order valence-electron chi connectivity index (χ1n) is 2.46. The molecule has 50 valence electrons. The van der Waals surface area contributed by atoms with Gasteiger partial charge in [0.1, 0.15) is 0 Å². The third kappa shape index (κ3) is 3.12. The van der Waals surface area contributed by atoms with Crippen molar-refractivity contribution in [1.82, 2.24) is 0 Å². The fourth-order valence-electron chi connectivity index (χ4n) is 0.331. The van der Waals surface area contributed by atoms with Gasteiger partial charge in [0.25, 0.3) is 0 Å². The molecular weight excluding hydrogens is 126 g/mol. The van der Waals surface area contributed by atoms with E-state index in [-0.39, 0.29) is 5.25 Å². The van der Waals surface area contributed by atoms with E-state index in [9.17, 15) is 8.76 Å². The van der Waals surface area contributed by atoms with Crippen LogP contribution in [-0.2, 0) is 11.1 Å². The summed E-state index contributed by atoms with van der Waals surface area (Å²) in [7, 11) is 0. The number of hydrogen-bond donors (Lipinski definition) is 1. The molecule has 0 amide bonds. The first-order chi connectivity index (χ1) is 3.68. The minimum Gasteiger partial charge on any atom is -0.772 e. The molecule has 0 aliphatic heterocycles. The van der Waals surface area contributed by atoms with Crippen LogP contribution in [0.5, 0.6) is 0 Å². The summed E-state index contributed by atoms with van der Waals surface area (Å²) >= 11 is -1.94. The Kier molecular flexibility index (Phi) is 4.03. The van der Waals surface area contributed by atoms with E-state index >= 15 is 0 Å². The van der Waals surface area contributed by atoms with Crippen LogP contribution in [0, 0.1) is 0 Å². The Labute approximate surface area is 51.6 Å². The monoisotopic (exact) mass is 136 g/mol. The number of hydrogen-bond acceptors (Lipinski definition) is 3. The van der Waals surface area contributed by atoms with Gasteiger partial charge in [0.15, 0.2) is 0 Å². The summed E-state index contributed by atoms with van der Waals surface area (Å²) in [6.07, 6.45) is 0.552. The standard InChI is InChI=1S/C4H11NO2S/c1-4(2-3-5)8(6)7/h4H,2-3,5H2,1H3,(H,6,7)/p-1. The lowest BCUT2D eigenvalue weighted by atomic mass is 10.3. The highest BCUT2D eigenvalue weighted by Crippen LogP contribution is 1.94. The van der Waals surface area contributed by atoms with Crippen molar-refractivity contribution >= 4 is 11.1 Å².